The third-order valence-corrected chi connectivity index (χ3v) is 7.01. The molecular weight excluding hydrogens is 354 g/mol. The summed E-state index contributed by atoms with van der Waals surface area (Å²) in [4.78, 5) is 0. The Labute approximate surface area is 171 Å². The van der Waals surface area contributed by atoms with Gasteiger partial charge < -0.3 is 4.74 Å². The van der Waals surface area contributed by atoms with Gasteiger partial charge in [-0.15, -0.1) is 0 Å². The summed E-state index contributed by atoms with van der Waals surface area (Å²) in [5.41, 5.74) is 10.6. The molecule has 0 N–H and O–H groups in total. The average molecular weight is 378 g/mol. The molecule has 0 amide bonds. The van der Waals surface area contributed by atoms with Crippen molar-refractivity contribution in [1.29, 1.82) is 0 Å². The van der Waals surface area contributed by atoms with Crippen LogP contribution in [0.2, 0.25) is 0 Å². The van der Waals surface area contributed by atoms with Crippen molar-refractivity contribution < 1.29 is 9.30 Å². The van der Waals surface area contributed by atoms with Crippen LogP contribution in [-0.4, -0.2) is 0 Å². The lowest BCUT2D eigenvalue weighted by atomic mass is 9.78. The molecule has 6 rings (SSSR count). The minimum Gasteiger partial charge on any atom is -0.455 e. The SMILES string of the molecule is Cc1c2c(c(C)c3c1-c1ccccc1C3(C)C)Oc1cccc3cc[n+](C)c-2c13. The molecule has 0 atom stereocenters. The molecular formula is C27H24NO+. The summed E-state index contributed by atoms with van der Waals surface area (Å²) in [6.45, 7) is 9.19. The van der Waals surface area contributed by atoms with Crippen LogP contribution in [0.4, 0.5) is 0 Å². The second kappa shape index (κ2) is 5.27. The van der Waals surface area contributed by atoms with Gasteiger partial charge in [0, 0.05) is 11.5 Å². The van der Waals surface area contributed by atoms with Crippen molar-refractivity contribution in [3.05, 3.63) is 77.0 Å². The molecule has 1 aliphatic heterocycles. The van der Waals surface area contributed by atoms with E-state index in [-0.39, 0.29) is 5.41 Å². The van der Waals surface area contributed by atoms with Crippen molar-refractivity contribution in [2.75, 3.05) is 0 Å². The molecule has 0 bridgehead atoms. The monoisotopic (exact) mass is 378 g/mol. The third-order valence-electron chi connectivity index (χ3n) is 7.01. The molecule has 29 heavy (non-hydrogen) atoms. The quantitative estimate of drug-likeness (QED) is 0.286. The lowest BCUT2D eigenvalue weighted by molar-refractivity contribution is -0.659. The molecule has 0 radical (unpaired) electrons. The Hall–Kier alpha value is -3.13. The largest absolute Gasteiger partial charge is 0.455 e. The fourth-order valence-corrected chi connectivity index (χ4v) is 5.76. The van der Waals surface area contributed by atoms with E-state index < -0.39 is 0 Å². The molecule has 2 heteroatoms. The van der Waals surface area contributed by atoms with E-state index in [0.29, 0.717) is 0 Å². The van der Waals surface area contributed by atoms with Crippen LogP contribution < -0.4 is 9.30 Å². The molecule has 1 aromatic heterocycles. The van der Waals surface area contributed by atoms with Gasteiger partial charge in [0.15, 0.2) is 6.20 Å². The van der Waals surface area contributed by atoms with E-state index in [9.17, 15) is 0 Å². The Bertz CT molecular complexity index is 1380. The first-order chi connectivity index (χ1) is 13.9. The van der Waals surface area contributed by atoms with Gasteiger partial charge in [-0.3, -0.25) is 0 Å². The molecule has 2 nitrogen and oxygen atoms in total. The van der Waals surface area contributed by atoms with E-state index >= 15 is 0 Å². The Kier molecular flexibility index (Phi) is 3.05. The average Bonchev–Trinajstić information content (AvgIpc) is 2.96. The molecule has 0 unspecified atom stereocenters. The Morgan fingerprint density at radius 2 is 1.66 bits per heavy atom. The molecule has 2 aliphatic rings. The first kappa shape index (κ1) is 16.8. The molecule has 142 valence electrons. The zero-order chi connectivity index (χ0) is 20.1. The highest BCUT2D eigenvalue weighted by atomic mass is 16.5. The molecule has 4 aromatic rings. The number of fused-ring (bicyclic) bond motifs is 5. The van der Waals surface area contributed by atoms with Gasteiger partial charge in [0.05, 0.1) is 10.9 Å². The topological polar surface area (TPSA) is 13.1 Å². The van der Waals surface area contributed by atoms with Crippen LogP contribution >= 0.6 is 0 Å². The van der Waals surface area contributed by atoms with Crippen LogP contribution in [0, 0.1) is 13.8 Å². The van der Waals surface area contributed by atoms with Crippen LogP contribution in [0.1, 0.15) is 36.1 Å². The molecule has 0 saturated heterocycles. The Morgan fingerprint density at radius 1 is 0.862 bits per heavy atom. The number of aromatic nitrogens is 1. The van der Waals surface area contributed by atoms with Gasteiger partial charge >= 0.3 is 0 Å². The lowest BCUT2D eigenvalue weighted by Gasteiger charge is -2.28. The van der Waals surface area contributed by atoms with E-state index in [2.05, 4.69) is 94.0 Å². The van der Waals surface area contributed by atoms with E-state index in [0.717, 1.165) is 11.5 Å². The van der Waals surface area contributed by atoms with Crippen LogP contribution in [0.5, 0.6) is 11.5 Å². The van der Waals surface area contributed by atoms with Gasteiger partial charge in [-0.25, -0.2) is 4.57 Å². The smallest absolute Gasteiger partial charge is 0.228 e. The number of nitrogens with zero attached hydrogens (tertiary/aromatic N) is 1. The minimum atomic E-state index is -0.0374. The summed E-state index contributed by atoms with van der Waals surface area (Å²) in [5.74, 6) is 1.97. The first-order valence-electron chi connectivity index (χ1n) is 10.3. The van der Waals surface area contributed by atoms with E-state index in [1.807, 2.05) is 0 Å². The van der Waals surface area contributed by atoms with Crippen molar-refractivity contribution in [2.45, 2.75) is 33.1 Å². The fourth-order valence-electron chi connectivity index (χ4n) is 5.76. The number of hydrogen-bond donors (Lipinski definition) is 0. The van der Waals surface area contributed by atoms with Crippen LogP contribution in [0.3, 0.4) is 0 Å². The number of rotatable bonds is 0. The minimum absolute atomic E-state index is 0.0374. The van der Waals surface area contributed by atoms with Crippen LogP contribution in [0.25, 0.3) is 33.2 Å². The van der Waals surface area contributed by atoms with E-state index in [4.69, 9.17) is 4.74 Å². The number of hydrogen-bond acceptors (Lipinski definition) is 1. The molecule has 0 fully saturated rings. The summed E-state index contributed by atoms with van der Waals surface area (Å²) < 4.78 is 8.87. The van der Waals surface area contributed by atoms with Gasteiger partial charge in [0.1, 0.15) is 18.5 Å². The second-order valence-electron chi connectivity index (χ2n) is 8.97. The predicted molar refractivity (Wildman–Crippen MR) is 118 cm³/mol. The molecule has 3 aromatic carbocycles. The van der Waals surface area contributed by atoms with Crippen molar-refractivity contribution in [2.24, 2.45) is 7.05 Å². The summed E-state index contributed by atoms with van der Waals surface area (Å²) in [5, 5.41) is 2.43. The maximum Gasteiger partial charge on any atom is 0.228 e. The normalized spacial score (nSPS) is 14.9. The van der Waals surface area contributed by atoms with Crippen LogP contribution in [0.15, 0.2) is 54.7 Å². The zero-order valence-corrected chi connectivity index (χ0v) is 17.6. The second-order valence-corrected chi connectivity index (χ2v) is 8.97. The summed E-state index contributed by atoms with van der Waals surface area (Å²) in [7, 11) is 2.14. The summed E-state index contributed by atoms with van der Waals surface area (Å²) in [6.07, 6.45) is 2.16. The molecule has 2 heterocycles. The van der Waals surface area contributed by atoms with Crippen molar-refractivity contribution in [3.63, 3.8) is 0 Å². The molecule has 1 aliphatic carbocycles. The number of ether oxygens (including phenoxy) is 1. The highest BCUT2D eigenvalue weighted by Gasteiger charge is 2.42. The highest BCUT2D eigenvalue weighted by Crippen LogP contribution is 2.58. The van der Waals surface area contributed by atoms with Gasteiger partial charge in [-0.2, -0.15) is 0 Å². The number of aryl methyl sites for hydroxylation is 1. The molecule has 0 saturated carbocycles. The summed E-state index contributed by atoms with van der Waals surface area (Å²) >= 11 is 0. The lowest BCUT2D eigenvalue weighted by Crippen LogP contribution is -2.32. The maximum atomic E-state index is 6.62. The first-order valence-corrected chi connectivity index (χ1v) is 10.3. The van der Waals surface area contributed by atoms with E-state index in [1.165, 1.54) is 55.4 Å². The Balaban J connectivity index is 1.83. The summed E-state index contributed by atoms with van der Waals surface area (Å²) in [6, 6.07) is 17.4. The van der Waals surface area contributed by atoms with Crippen LogP contribution in [-0.2, 0) is 12.5 Å². The van der Waals surface area contributed by atoms with Gasteiger partial charge in [-0.1, -0.05) is 50.2 Å². The van der Waals surface area contributed by atoms with Gasteiger partial charge in [-0.05, 0) is 58.7 Å². The van der Waals surface area contributed by atoms with Crippen molar-refractivity contribution in [1.82, 2.24) is 0 Å². The number of benzene rings is 3. The zero-order valence-electron chi connectivity index (χ0n) is 17.6. The number of pyridine rings is 1. The van der Waals surface area contributed by atoms with Gasteiger partial charge in [0.25, 0.3) is 0 Å². The van der Waals surface area contributed by atoms with Crippen molar-refractivity contribution in [3.8, 4) is 33.9 Å². The standard InChI is InChI=1S/C27H24NO/c1-15-21-18-10-6-7-11-19(18)27(3,4)24(21)16(2)26-22(15)25-23-17(13-14-28(25)5)9-8-12-20(23)29-26/h6-14H,1-5H3/q+1. The predicted octanol–water partition coefficient (Wildman–Crippen LogP) is 6.36. The third kappa shape index (κ3) is 1.89. The maximum absolute atomic E-state index is 6.62. The van der Waals surface area contributed by atoms with E-state index in [1.54, 1.807) is 0 Å². The van der Waals surface area contributed by atoms with Crippen molar-refractivity contribution >= 4 is 10.8 Å². The highest BCUT2D eigenvalue weighted by molar-refractivity contribution is 6.04. The van der Waals surface area contributed by atoms with Gasteiger partial charge in [0.2, 0.25) is 5.69 Å². The fraction of sp³-hybridized carbons (Fsp3) is 0.222. The Morgan fingerprint density at radius 3 is 2.48 bits per heavy atom. The molecule has 0 spiro atoms.